The molecule has 0 heterocycles. The number of aryl methyl sites for hydroxylation is 1. The molecular weight excluding hydrogens is 200 g/mol. The molecule has 0 fully saturated rings. The van der Waals surface area contributed by atoms with Crippen LogP contribution in [0.5, 0.6) is 5.75 Å². The minimum absolute atomic E-state index is 0.0859. The number of benzene rings is 1. The smallest absolute Gasteiger partial charge is 0.387 e. The molecule has 0 spiro atoms. The van der Waals surface area contributed by atoms with Crippen LogP contribution >= 0.6 is 0 Å². The summed E-state index contributed by atoms with van der Waals surface area (Å²) in [7, 11) is 0. The summed E-state index contributed by atoms with van der Waals surface area (Å²) in [5, 5.41) is 0. The minimum atomic E-state index is -3.11. The van der Waals surface area contributed by atoms with Crippen molar-refractivity contribution in [3.63, 3.8) is 0 Å². The molecule has 0 aromatic heterocycles. The summed E-state index contributed by atoms with van der Waals surface area (Å²) in [4.78, 5) is 0. The summed E-state index contributed by atoms with van der Waals surface area (Å²) in [6.45, 7) is -1.52. The van der Waals surface area contributed by atoms with Gasteiger partial charge in [-0.25, -0.2) is 8.78 Å². The summed E-state index contributed by atoms with van der Waals surface area (Å²) in [6.07, 6.45) is 0.219. The predicted octanol–water partition coefficient (Wildman–Crippen LogP) is 3.13. The van der Waals surface area contributed by atoms with E-state index in [1.807, 2.05) is 0 Å². The zero-order valence-corrected chi connectivity index (χ0v) is 7.36. The van der Waals surface area contributed by atoms with Gasteiger partial charge in [0.05, 0.1) is 0 Å². The third-order valence-electron chi connectivity index (χ3n) is 1.67. The van der Waals surface area contributed by atoms with Gasteiger partial charge in [0.1, 0.15) is 5.82 Å². The number of alkyl halides is 2. The highest BCUT2D eigenvalue weighted by Crippen LogP contribution is 2.26. The van der Waals surface area contributed by atoms with Crippen LogP contribution in [0, 0.1) is 11.6 Å². The molecule has 0 amide bonds. The largest absolute Gasteiger partial charge is 0.431 e. The first-order valence-electron chi connectivity index (χ1n) is 3.97. The molecule has 78 valence electrons. The second-order valence-corrected chi connectivity index (χ2v) is 2.61. The third kappa shape index (κ3) is 2.37. The van der Waals surface area contributed by atoms with E-state index in [0.29, 0.717) is 6.07 Å². The van der Waals surface area contributed by atoms with Crippen LogP contribution in [0.4, 0.5) is 17.6 Å². The van der Waals surface area contributed by atoms with Crippen LogP contribution in [-0.2, 0) is 6.42 Å². The van der Waals surface area contributed by atoms with Crippen molar-refractivity contribution < 1.29 is 22.3 Å². The number of ether oxygens (including phenoxy) is 1. The Labute approximate surface area is 78.3 Å². The Kier molecular flexibility index (Phi) is 3.33. The van der Waals surface area contributed by atoms with E-state index in [1.54, 1.807) is 6.92 Å². The maximum absolute atomic E-state index is 13.0. The normalized spacial score (nSPS) is 10.7. The molecular formula is C9H8F4O. The van der Waals surface area contributed by atoms with Crippen LogP contribution in [0.15, 0.2) is 12.1 Å². The van der Waals surface area contributed by atoms with Gasteiger partial charge in [-0.15, -0.1) is 0 Å². The minimum Gasteiger partial charge on any atom is -0.431 e. The second-order valence-electron chi connectivity index (χ2n) is 2.61. The van der Waals surface area contributed by atoms with E-state index >= 15 is 0 Å². The number of rotatable bonds is 3. The first-order chi connectivity index (χ1) is 6.54. The summed E-state index contributed by atoms with van der Waals surface area (Å²) in [5.74, 6) is -2.49. The van der Waals surface area contributed by atoms with Gasteiger partial charge in [-0.1, -0.05) is 6.92 Å². The highest BCUT2D eigenvalue weighted by atomic mass is 19.3. The third-order valence-corrected chi connectivity index (χ3v) is 1.67. The lowest BCUT2D eigenvalue weighted by Gasteiger charge is -2.10. The Morgan fingerprint density at radius 1 is 1.29 bits per heavy atom. The first-order valence-corrected chi connectivity index (χ1v) is 3.97. The van der Waals surface area contributed by atoms with Gasteiger partial charge < -0.3 is 4.74 Å². The summed E-state index contributed by atoms with van der Waals surface area (Å²) in [5.41, 5.74) is 0.0859. The first kappa shape index (κ1) is 10.8. The van der Waals surface area contributed by atoms with Crippen LogP contribution in [0.1, 0.15) is 12.5 Å². The molecule has 1 nitrogen and oxygen atoms in total. The molecule has 0 saturated carbocycles. The van der Waals surface area contributed by atoms with Crippen molar-refractivity contribution in [3.8, 4) is 5.75 Å². The lowest BCUT2D eigenvalue weighted by molar-refractivity contribution is -0.0528. The van der Waals surface area contributed by atoms with E-state index in [4.69, 9.17) is 0 Å². The van der Waals surface area contributed by atoms with Crippen LogP contribution < -0.4 is 4.74 Å². The average molecular weight is 208 g/mol. The topological polar surface area (TPSA) is 9.23 Å². The maximum Gasteiger partial charge on any atom is 0.387 e. The van der Waals surface area contributed by atoms with E-state index in [2.05, 4.69) is 4.74 Å². The van der Waals surface area contributed by atoms with Crippen molar-refractivity contribution in [1.82, 2.24) is 0 Å². The quantitative estimate of drug-likeness (QED) is 0.693. The van der Waals surface area contributed by atoms with E-state index < -0.39 is 24.0 Å². The second kappa shape index (κ2) is 4.30. The molecule has 0 atom stereocenters. The molecule has 1 rings (SSSR count). The fourth-order valence-electron chi connectivity index (χ4n) is 1.10. The molecule has 0 N–H and O–H groups in total. The van der Waals surface area contributed by atoms with Gasteiger partial charge in [0.25, 0.3) is 0 Å². The van der Waals surface area contributed by atoms with Crippen LogP contribution in [-0.4, -0.2) is 6.61 Å². The number of hydrogen-bond donors (Lipinski definition) is 0. The van der Waals surface area contributed by atoms with Crippen LogP contribution in [0.3, 0.4) is 0 Å². The van der Waals surface area contributed by atoms with Gasteiger partial charge in [0.2, 0.25) is 0 Å². The number of hydrogen-bond acceptors (Lipinski definition) is 1. The number of halogens is 4. The van der Waals surface area contributed by atoms with E-state index in [-0.39, 0.29) is 12.0 Å². The van der Waals surface area contributed by atoms with Crippen molar-refractivity contribution in [3.05, 3.63) is 29.3 Å². The molecule has 1 aromatic carbocycles. The fraction of sp³-hybridized carbons (Fsp3) is 0.333. The fourth-order valence-corrected chi connectivity index (χ4v) is 1.10. The monoisotopic (exact) mass is 208 g/mol. The van der Waals surface area contributed by atoms with Gasteiger partial charge in [-0.05, 0) is 12.5 Å². The van der Waals surface area contributed by atoms with Gasteiger partial charge >= 0.3 is 6.61 Å². The molecule has 14 heavy (non-hydrogen) atoms. The molecule has 0 bridgehead atoms. The van der Waals surface area contributed by atoms with Crippen LogP contribution in [0.2, 0.25) is 0 Å². The Bertz CT molecular complexity index is 325. The Balaban J connectivity index is 3.11. The molecule has 0 unspecified atom stereocenters. The average Bonchev–Trinajstić information content (AvgIpc) is 2.08. The highest BCUT2D eigenvalue weighted by Gasteiger charge is 2.15. The van der Waals surface area contributed by atoms with Crippen LogP contribution in [0.25, 0.3) is 0 Å². The van der Waals surface area contributed by atoms with Gasteiger partial charge in [-0.3, -0.25) is 0 Å². The summed E-state index contributed by atoms with van der Waals surface area (Å²) >= 11 is 0. The lowest BCUT2D eigenvalue weighted by Crippen LogP contribution is -2.06. The van der Waals surface area contributed by atoms with E-state index in [9.17, 15) is 17.6 Å². The van der Waals surface area contributed by atoms with E-state index in [1.165, 1.54) is 0 Å². The van der Waals surface area contributed by atoms with Crippen molar-refractivity contribution in [1.29, 1.82) is 0 Å². The summed E-state index contributed by atoms with van der Waals surface area (Å²) < 4.78 is 53.2. The van der Waals surface area contributed by atoms with Gasteiger partial charge in [-0.2, -0.15) is 8.78 Å². The zero-order chi connectivity index (χ0) is 10.7. The Morgan fingerprint density at radius 2 is 1.93 bits per heavy atom. The van der Waals surface area contributed by atoms with Crippen molar-refractivity contribution in [2.24, 2.45) is 0 Å². The predicted molar refractivity (Wildman–Crippen MR) is 42.4 cm³/mol. The maximum atomic E-state index is 13.0. The molecule has 0 radical (unpaired) electrons. The standard InChI is InChI=1S/C9H8F4O/c1-2-5-3-6(10)4-7(11)8(5)14-9(12)13/h3-4,9H,2H2,1H3. The molecule has 0 aliphatic heterocycles. The Morgan fingerprint density at radius 3 is 2.43 bits per heavy atom. The van der Waals surface area contributed by atoms with E-state index in [0.717, 1.165) is 6.07 Å². The van der Waals surface area contributed by atoms with Crippen molar-refractivity contribution >= 4 is 0 Å². The van der Waals surface area contributed by atoms with Crippen molar-refractivity contribution in [2.75, 3.05) is 0 Å². The molecule has 0 aliphatic rings. The highest BCUT2D eigenvalue weighted by molar-refractivity contribution is 5.35. The van der Waals surface area contributed by atoms with Gasteiger partial charge in [0, 0.05) is 11.6 Å². The van der Waals surface area contributed by atoms with Crippen molar-refractivity contribution in [2.45, 2.75) is 20.0 Å². The molecule has 1 aromatic rings. The molecule has 0 saturated heterocycles. The SMILES string of the molecule is CCc1cc(F)cc(F)c1OC(F)F. The molecule has 5 heteroatoms. The lowest BCUT2D eigenvalue weighted by atomic mass is 10.1. The zero-order valence-electron chi connectivity index (χ0n) is 7.36. The Hall–Kier alpha value is -1.26. The molecule has 0 aliphatic carbocycles. The van der Waals surface area contributed by atoms with Gasteiger partial charge in [0.15, 0.2) is 11.6 Å². The summed E-state index contributed by atoms with van der Waals surface area (Å²) in [6, 6.07) is 1.48.